The predicted octanol–water partition coefficient (Wildman–Crippen LogP) is 4.01. The molecule has 1 saturated heterocycles. The molecule has 0 saturated carbocycles. The van der Waals surface area contributed by atoms with Crippen LogP contribution < -0.4 is 11.1 Å². The molecule has 1 aromatic carbocycles. The van der Waals surface area contributed by atoms with Gasteiger partial charge in [-0.1, -0.05) is 12.1 Å². The van der Waals surface area contributed by atoms with Crippen LogP contribution in [0.15, 0.2) is 55.0 Å². The molecule has 3 N–H and O–H groups in total. The minimum absolute atomic E-state index is 0.0255. The highest BCUT2D eigenvalue weighted by molar-refractivity contribution is 5.94. The van der Waals surface area contributed by atoms with Gasteiger partial charge in [0, 0.05) is 43.7 Å². The summed E-state index contributed by atoms with van der Waals surface area (Å²) in [5.74, 6) is -0.553. The Kier molecular flexibility index (Phi) is 7.47. The molecule has 8 nitrogen and oxygen atoms in total. The van der Waals surface area contributed by atoms with E-state index in [2.05, 4.69) is 20.3 Å². The van der Waals surface area contributed by atoms with Gasteiger partial charge in [0.05, 0.1) is 22.9 Å². The fourth-order valence-corrected chi connectivity index (χ4v) is 4.29. The number of rotatable bonds is 6. The van der Waals surface area contributed by atoms with E-state index in [1.165, 1.54) is 18.5 Å². The molecule has 0 aliphatic carbocycles. The van der Waals surface area contributed by atoms with E-state index in [1.54, 1.807) is 29.3 Å². The molecule has 2 amide bonds. The van der Waals surface area contributed by atoms with Crippen molar-refractivity contribution in [2.24, 2.45) is 0 Å². The van der Waals surface area contributed by atoms with Crippen LogP contribution >= 0.6 is 0 Å². The Balaban J connectivity index is 1.55. The third-order valence-corrected chi connectivity index (χ3v) is 6.02. The number of hydrogen-bond acceptors (Lipinski definition) is 6. The average Bonchev–Trinajstić information content (AvgIpc) is 2.88. The van der Waals surface area contributed by atoms with Crippen molar-refractivity contribution in [2.75, 3.05) is 18.8 Å². The van der Waals surface area contributed by atoms with Crippen molar-refractivity contribution >= 4 is 17.8 Å². The number of likely N-dealkylation sites (tertiary alicyclic amines) is 1. The molecule has 1 aliphatic rings. The zero-order valence-corrected chi connectivity index (χ0v) is 19.3. The Morgan fingerprint density at radius 3 is 2.72 bits per heavy atom. The normalized spacial score (nSPS) is 16.0. The van der Waals surface area contributed by atoms with Crippen molar-refractivity contribution in [1.82, 2.24) is 25.2 Å². The Labute approximate surface area is 205 Å². The first-order valence-electron chi connectivity index (χ1n) is 11.5. The predicted molar refractivity (Wildman–Crippen MR) is 126 cm³/mol. The summed E-state index contributed by atoms with van der Waals surface area (Å²) in [6, 6.07) is 7.71. The number of carbonyl (C=O) groups excluding carboxylic acids is 2. The SMILES string of the molecule is Nc1ncc(-c2cccc(C(F)(F)F)c2)c([C@@H]2CCCCN2C(=O)CCNC(=O)c2cccnc2)n1. The number of nitrogen functional groups attached to an aromatic ring is 1. The van der Waals surface area contributed by atoms with Crippen LogP contribution in [0, 0.1) is 0 Å². The van der Waals surface area contributed by atoms with Crippen LogP contribution in [0.3, 0.4) is 0 Å². The van der Waals surface area contributed by atoms with Crippen molar-refractivity contribution in [2.45, 2.75) is 37.9 Å². The number of benzene rings is 1. The van der Waals surface area contributed by atoms with Crippen LogP contribution in [0.5, 0.6) is 0 Å². The highest BCUT2D eigenvalue weighted by Crippen LogP contribution is 2.38. The molecule has 0 unspecified atom stereocenters. The van der Waals surface area contributed by atoms with Crippen LogP contribution in [0.1, 0.15) is 53.3 Å². The number of hydrogen-bond donors (Lipinski definition) is 2. The van der Waals surface area contributed by atoms with Gasteiger partial charge in [0.25, 0.3) is 5.91 Å². The summed E-state index contributed by atoms with van der Waals surface area (Å²) in [6.45, 7) is 0.591. The number of anilines is 1. The molecule has 11 heteroatoms. The van der Waals surface area contributed by atoms with Crippen molar-refractivity contribution < 1.29 is 22.8 Å². The Morgan fingerprint density at radius 1 is 1.14 bits per heavy atom. The van der Waals surface area contributed by atoms with Crippen LogP contribution in [0.2, 0.25) is 0 Å². The van der Waals surface area contributed by atoms with Gasteiger partial charge < -0.3 is 16.0 Å². The Morgan fingerprint density at radius 2 is 1.97 bits per heavy atom. The first-order valence-corrected chi connectivity index (χ1v) is 11.5. The molecule has 3 heterocycles. The van der Waals surface area contributed by atoms with E-state index in [1.807, 2.05) is 0 Å². The second-order valence-corrected chi connectivity index (χ2v) is 8.45. The van der Waals surface area contributed by atoms with Crippen molar-refractivity contribution in [1.29, 1.82) is 0 Å². The number of aromatic nitrogens is 3. The van der Waals surface area contributed by atoms with Crippen LogP contribution in [-0.4, -0.2) is 44.8 Å². The van der Waals surface area contributed by atoms with E-state index in [0.717, 1.165) is 25.0 Å². The van der Waals surface area contributed by atoms with E-state index in [0.29, 0.717) is 35.3 Å². The van der Waals surface area contributed by atoms with Gasteiger partial charge >= 0.3 is 6.18 Å². The third-order valence-electron chi connectivity index (χ3n) is 6.02. The van der Waals surface area contributed by atoms with Gasteiger partial charge in [-0.2, -0.15) is 13.2 Å². The number of alkyl halides is 3. The number of nitrogens with two attached hydrogens (primary N) is 1. The number of carbonyl (C=O) groups is 2. The summed E-state index contributed by atoms with van der Waals surface area (Å²) in [4.78, 5) is 39.3. The van der Waals surface area contributed by atoms with Crippen LogP contribution in [0.25, 0.3) is 11.1 Å². The first-order chi connectivity index (χ1) is 17.2. The van der Waals surface area contributed by atoms with E-state index < -0.39 is 17.8 Å². The number of pyridine rings is 1. The first kappa shape index (κ1) is 25.1. The van der Waals surface area contributed by atoms with Gasteiger partial charge in [-0.15, -0.1) is 0 Å². The highest BCUT2D eigenvalue weighted by Gasteiger charge is 2.33. The maximum Gasteiger partial charge on any atom is 0.416 e. The summed E-state index contributed by atoms with van der Waals surface area (Å²) < 4.78 is 40.0. The molecule has 1 atom stereocenters. The quantitative estimate of drug-likeness (QED) is 0.531. The molecule has 1 fully saturated rings. The summed E-state index contributed by atoms with van der Waals surface area (Å²) in [5, 5.41) is 2.71. The molecule has 0 bridgehead atoms. The molecular weight excluding hydrogens is 473 g/mol. The largest absolute Gasteiger partial charge is 0.416 e. The molecular formula is C25H25F3N6O2. The standard InChI is InChI=1S/C25H25F3N6O2/c26-25(27,28)18-7-3-5-16(13-18)19-15-32-24(29)33-22(19)20-8-1-2-12-34(20)21(35)9-11-31-23(36)17-6-4-10-30-14-17/h3-7,10,13-15,20H,1-2,8-9,11-12H2,(H,31,36)(H2,29,32,33)/t20-/m0/s1. The minimum Gasteiger partial charge on any atom is -0.368 e. The second kappa shape index (κ2) is 10.7. The van der Waals surface area contributed by atoms with Gasteiger partial charge in [-0.3, -0.25) is 14.6 Å². The number of nitrogens with one attached hydrogen (secondary N) is 1. The Bertz CT molecular complexity index is 1240. The topological polar surface area (TPSA) is 114 Å². The van der Waals surface area contributed by atoms with Gasteiger partial charge in [-0.05, 0) is 49.1 Å². The zero-order chi connectivity index (χ0) is 25.7. The summed E-state index contributed by atoms with van der Waals surface area (Å²) in [5.41, 5.74) is 6.54. The van der Waals surface area contributed by atoms with E-state index in [4.69, 9.17) is 5.73 Å². The lowest BCUT2D eigenvalue weighted by molar-refractivity contribution is -0.137. The molecule has 188 valence electrons. The number of piperidine rings is 1. The lowest BCUT2D eigenvalue weighted by atomic mass is 9.93. The molecule has 0 radical (unpaired) electrons. The van der Waals surface area contributed by atoms with Crippen LogP contribution in [-0.2, 0) is 11.0 Å². The molecule has 3 aromatic rings. The van der Waals surface area contributed by atoms with Gasteiger partial charge in [0.15, 0.2) is 0 Å². The van der Waals surface area contributed by atoms with Crippen molar-refractivity contribution in [3.63, 3.8) is 0 Å². The van der Waals surface area contributed by atoms with Crippen LogP contribution in [0.4, 0.5) is 19.1 Å². The highest BCUT2D eigenvalue weighted by atomic mass is 19.4. The molecule has 36 heavy (non-hydrogen) atoms. The lowest BCUT2D eigenvalue weighted by Crippen LogP contribution is -2.40. The van der Waals surface area contributed by atoms with Gasteiger partial charge in [0.2, 0.25) is 11.9 Å². The summed E-state index contributed by atoms with van der Waals surface area (Å²) in [6.07, 6.45) is 2.13. The van der Waals surface area contributed by atoms with E-state index >= 15 is 0 Å². The van der Waals surface area contributed by atoms with Crippen molar-refractivity contribution in [3.05, 3.63) is 71.8 Å². The Hall–Kier alpha value is -4.02. The lowest BCUT2D eigenvalue weighted by Gasteiger charge is -2.36. The summed E-state index contributed by atoms with van der Waals surface area (Å²) >= 11 is 0. The smallest absolute Gasteiger partial charge is 0.368 e. The average molecular weight is 499 g/mol. The second-order valence-electron chi connectivity index (χ2n) is 8.45. The molecule has 1 aliphatic heterocycles. The zero-order valence-electron chi connectivity index (χ0n) is 19.3. The van der Waals surface area contributed by atoms with E-state index in [-0.39, 0.29) is 30.7 Å². The molecule has 4 rings (SSSR count). The maximum absolute atomic E-state index is 13.3. The van der Waals surface area contributed by atoms with Gasteiger partial charge in [-0.25, -0.2) is 9.97 Å². The fraction of sp³-hybridized carbons (Fsp3) is 0.320. The fourth-order valence-electron chi connectivity index (χ4n) is 4.29. The maximum atomic E-state index is 13.3. The van der Waals surface area contributed by atoms with Crippen molar-refractivity contribution in [3.8, 4) is 11.1 Å². The van der Waals surface area contributed by atoms with Gasteiger partial charge in [0.1, 0.15) is 0 Å². The number of amides is 2. The summed E-state index contributed by atoms with van der Waals surface area (Å²) in [7, 11) is 0. The number of nitrogens with zero attached hydrogens (tertiary/aromatic N) is 4. The molecule has 0 spiro atoms. The molecule has 2 aromatic heterocycles. The van der Waals surface area contributed by atoms with E-state index in [9.17, 15) is 22.8 Å². The monoisotopic (exact) mass is 498 g/mol. The number of halogens is 3. The minimum atomic E-state index is -4.50. The third kappa shape index (κ3) is 5.78.